The number of carbonyl (C=O) groups excluding carboxylic acids is 3. The van der Waals surface area contributed by atoms with Crippen LogP contribution < -0.4 is 0 Å². The molecule has 0 spiro atoms. The molecule has 0 saturated carbocycles. The highest BCUT2D eigenvalue weighted by atomic mass is 16.6. The van der Waals surface area contributed by atoms with E-state index in [0.717, 1.165) is 89.9 Å². The topological polar surface area (TPSA) is 78.9 Å². The normalized spacial score (nSPS) is 12.4. The molecule has 0 radical (unpaired) electrons. The molecule has 0 aromatic heterocycles. The van der Waals surface area contributed by atoms with Crippen LogP contribution in [-0.4, -0.2) is 37.2 Å². The SMILES string of the molecule is CCCCCC/C=C\CCCCCCCC(=O)OC(COC(=O)CCCCCCCC)COC(=O)CCCCCCCC/C=C\C/C=C\C/C=C\CCCCCCC. The molecule has 6 nitrogen and oxygen atoms in total. The van der Waals surface area contributed by atoms with Crippen molar-refractivity contribution in [3.63, 3.8) is 0 Å². The highest BCUT2D eigenvalue weighted by Crippen LogP contribution is 2.13. The van der Waals surface area contributed by atoms with Gasteiger partial charge in [0.25, 0.3) is 0 Å². The molecule has 0 saturated heterocycles. The lowest BCUT2D eigenvalue weighted by molar-refractivity contribution is -0.167. The summed E-state index contributed by atoms with van der Waals surface area (Å²) in [7, 11) is 0. The van der Waals surface area contributed by atoms with Gasteiger partial charge in [-0.15, -0.1) is 0 Å². The first-order valence-corrected chi connectivity index (χ1v) is 24.6. The number of carbonyl (C=O) groups is 3. The molecule has 0 aliphatic heterocycles. The molecular weight excluding hydrogens is 721 g/mol. The van der Waals surface area contributed by atoms with E-state index < -0.39 is 6.10 Å². The van der Waals surface area contributed by atoms with Crippen molar-refractivity contribution in [2.45, 2.75) is 252 Å². The Kier molecular flexibility index (Phi) is 44.9. The van der Waals surface area contributed by atoms with Crippen molar-refractivity contribution in [2.75, 3.05) is 13.2 Å². The molecule has 58 heavy (non-hydrogen) atoms. The Balaban J connectivity index is 4.23. The second-order valence-electron chi connectivity index (χ2n) is 16.4. The second-order valence-corrected chi connectivity index (χ2v) is 16.4. The molecule has 1 atom stereocenters. The van der Waals surface area contributed by atoms with Gasteiger partial charge >= 0.3 is 17.9 Å². The summed E-state index contributed by atoms with van der Waals surface area (Å²) in [6, 6.07) is 0. The Morgan fingerprint density at radius 2 is 0.621 bits per heavy atom. The molecule has 0 aliphatic rings. The zero-order valence-corrected chi connectivity index (χ0v) is 38.3. The molecule has 0 N–H and O–H groups in total. The average molecular weight is 813 g/mol. The first-order valence-electron chi connectivity index (χ1n) is 24.6. The van der Waals surface area contributed by atoms with Crippen molar-refractivity contribution in [1.82, 2.24) is 0 Å². The van der Waals surface area contributed by atoms with Crippen molar-refractivity contribution < 1.29 is 28.6 Å². The van der Waals surface area contributed by atoms with Gasteiger partial charge in [0.1, 0.15) is 13.2 Å². The van der Waals surface area contributed by atoms with Crippen molar-refractivity contribution in [2.24, 2.45) is 0 Å². The van der Waals surface area contributed by atoms with Crippen LogP contribution in [-0.2, 0) is 28.6 Å². The summed E-state index contributed by atoms with van der Waals surface area (Å²) >= 11 is 0. The minimum absolute atomic E-state index is 0.0807. The fraction of sp³-hybridized carbons (Fsp3) is 0.788. The predicted octanol–water partition coefficient (Wildman–Crippen LogP) is 15.9. The molecule has 0 fully saturated rings. The molecule has 0 aromatic rings. The lowest BCUT2D eigenvalue weighted by atomic mass is 10.1. The molecule has 0 rings (SSSR count). The smallest absolute Gasteiger partial charge is 0.306 e. The Morgan fingerprint density at radius 1 is 0.345 bits per heavy atom. The van der Waals surface area contributed by atoms with Crippen LogP contribution in [0, 0.1) is 0 Å². The van der Waals surface area contributed by atoms with E-state index in [1.807, 2.05) is 0 Å². The Labute approximate surface area is 358 Å². The maximum atomic E-state index is 12.7. The molecule has 1 unspecified atom stereocenters. The van der Waals surface area contributed by atoms with E-state index in [1.165, 1.54) is 116 Å². The summed E-state index contributed by atoms with van der Waals surface area (Å²) in [5.41, 5.74) is 0. The zero-order chi connectivity index (χ0) is 42.3. The quantitative estimate of drug-likeness (QED) is 0.0264. The van der Waals surface area contributed by atoms with Crippen LogP contribution in [0.15, 0.2) is 48.6 Å². The third-order valence-corrected chi connectivity index (χ3v) is 10.6. The van der Waals surface area contributed by atoms with E-state index in [0.29, 0.717) is 19.3 Å². The summed E-state index contributed by atoms with van der Waals surface area (Å²) in [6.45, 7) is 6.53. The molecule has 0 aliphatic carbocycles. The number of allylic oxidation sites excluding steroid dienone is 8. The first kappa shape index (κ1) is 55.4. The largest absolute Gasteiger partial charge is 0.462 e. The van der Waals surface area contributed by atoms with Crippen molar-refractivity contribution >= 4 is 17.9 Å². The Bertz CT molecular complexity index is 1030. The highest BCUT2D eigenvalue weighted by Gasteiger charge is 2.19. The maximum Gasteiger partial charge on any atom is 0.306 e. The van der Waals surface area contributed by atoms with Crippen LogP contribution in [0.25, 0.3) is 0 Å². The molecular formula is C52H92O6. The van der Waals surface area contributed by atoms with Gasteiger partial charge in [0.2, 0.25) is 0 Å². The molecule has 6 heteroatoms. The highest BCUT2D eigenvalue weighted by molar-refractivity contribution is 5.71. The van der Waals surface area contributed by atoms with Gasteiger partial charge in [0.05, 0.1) is 0 Å². The van der Waals surface area contributed by atoms with E-state index in [4.69, 9.17) is 14.2 Å². The van der Waals surface area contributed by atoms with Crippen molar-refractivity contribution in [3.05, 3.63) is 48.6 Å². The maximum absolute atomic E-state index is 12.7. The summed E-state index contributed by atoms with van der Waals surface area (Å²) in [5, 5.41) is 0. The van der Waals surface area contributed by atoms with Gasteiger partial charge in [-0.2, -0.15) is 0 Å². The number of hydrogen-bond acceptors (Lipinski definition) is 6. The van der Waals surface area contributed by atoms with Crippen LogP contribution in [0.4, 0.5) is 0 Å². The van der Waals surface area contributed by atoms with Crippen LogP contribution in [0.3, 0.4) is 0 Å². The van der Waals surface area contributed by atoms with Gasteiger partial charge in [0, 0.05) is 19.3 Å². The third kappa shape index (κ3) is 44.5. The van der Waals surface area contributed by atoms with E-state index in [2.05, 4.69) is 69.4 Å². The van der Waals surface area contributed by atoms with Crippen LogP contribution in [0.2, 0.25) is 0 Å². The number of rotatable bonds is 44. The third-order valence-electron chi connectivity index (χ3n) is 10.6. The van der Waals surface area contributed by atoms with Crippen LogP contribution in [0.5, 0.6) is 0 Å². The fourth-order valence-electron chi connectivity index (χ4n) is 6.80. The minimum Gasteiger partial charge on any atom is -0.462 e. The second kappa shape index (κ2) is 47.1. The van der Waals surface area contributed by atoms with Crippen molar-refractivity contribution in [1.29, 1.82) is 0 Å². The lowest BCUT2D eigenvalue weighted by Gasteiger charge is -2.18. The number of esters is 3. The monoisotopic (exact) mass is 813 g/mol. The van der Waals surface area contributed by atoms with Gasteiger partial charge < -0.3 is 14.2 Å². The number of hydrogen-bond donors (Lipinski definition) is 0. The van der Waals surface area contributed by atoms with Gasteiger partial charge in [0.15, 0.2) is 6.10 Å². The number of unbranched alkanes of at least 4 members (excludes halogenated alkanes) is 25. The Hall–Kier alpha value is -2.63. The summed E-state index contributed by atoms with van der Waals surface area (Å²) in [4.78, 5) is 37.6. The van der Waals surface area contributed by atoms with Gasteiger partial charge in [-0.05, 0) is 83.5 Å². The van der Waals surface area contributed by atoms with Gasteiger partial charge in [-0.1, -0.05) is 191 Å². The summed E-state index contributed by atoms with van der Waals surface area (Å²) in [5.74, 6) is -0.910. The molecule has 0 bridgehead atoms. The molecule has 336 valence electrons. The van der Waals surface area contributed by atoms with Gasteiger partial charge in [-0.25, -0.2) is 0 Å². The Morgan fingerprint density at radius 3 is 1.00 bits per heavy atom. The van der Waals surface area contributed by atoms with Crippen molar-refractivity contribution in [3.8, 4) is 0 Å². The standard InChI is InChI=1S/C52H92O6/c1-4-7-10-13-16-18-20-22-23-24-25-26-27-28-29-31-32-34-36-39-42-45-51(54)57-48-49(47-56-50(53)44-41-38-15-12-9-6-3)58-52(55)46-43-40-37-35-33-30-21-19-17-14-11-8-5-2/h19-22,24-25,27-28,49H,4-18,23,26,29-48H2,1-3H3/b21-19-,22-20-,25-24-,28-27-. The zero-order valence-electron chi connectivity index (χ0n) is 38.3. The van der Waals surface area contributed by atoms with Crippen LogP contribution in [0.1, 0.15) is 245 Å². The molecule has 0 amide bonds. The minimum atomic E-state index is -0.777. The van der Waals surface area contributed by atoms with E-state index in [-0.39, 0.29) is 31.1 Å². The van der Waals surface area contributed by atoms with Gasteiger partial charge in [-0.3, -0.25) is 14.4 Å². The van der Waals surface area contributed by atoms with E-state index in [1.54, 1.807) is 0 Å². The average Bonchev–Trinajstić information content (AvgIpc) is 3.22. The van der Waals surface area contributed by atoms with Crippen LogP contribution >= 0.6 is 0 Å². The summed E-state index contributed by atoms with van der Waals surface area (Å²) < 4.78 is 16.6. The van der Waals surface area contributed by atoms with E-state index in [9.17, 15) is 14.4 Å². The number of ether oxygens (including phenoxy) is 3. The first-order chi connectivity index (χ1) is 28.5. The lowest BCUT2D eigenvalue weighted by Crippen LogP contribution is -2.30. The molecule has 0 heterocycles. The summed E-state index contributed by atoms with van der Waals surface area (Å²) in [6.07, 6.45) is 55.4. The van der Waals surface area contributed by atoms with E-state index >= 15 is 0 Å². The fourth-order valence-corrected chi connectivity index (χ4v) is 6.80. The predicted molar refractivity (Wildman–Crippen MR) is 247 cm³/mol. The molecule has 0 aromatic carbocycles.